The average molecular weight is 264 g/mol. The lowest BCUT2D eigenvalue weighted by atomic mass is 10.1. The molecule has 19 heavy (non-hydrogen) atoms. The van der Waals surface area contributed by atoms with Crippen molar-refractivity contribution in [2.75, 3.05) is 19.6 Å². The standard InChI is InChI=1S/C16H28N2O/c1-4-5-11-18(12-15-7-6-10-17-15)14(3)16-9-8-13(2)19-16/h8-9,14-15,17H,4-7,10-12H2,1-3H3. The van der Waals surface area contributed by atoms with Crippen molar-refractivity contribution < 1.29 is 4.42 Å². The monoisotopic (exact) mass is 264 g/mol. The molecule has 1 saturated heterocycles. The number of unbranched alkanes of at least 4 members (excludes halogenated alkanes) is 1. The zero-order valence-electron chi connectivity index (χ0n) is 12.6. The predicted octanol–water partition coefficient (Wildman–Crippen LogP) is 3.50. The fraction of sp³-hybridized carbons (Fsp3) is 0.750. The van der Waals surface area contributed by atoms with Gasteiger partial charge in [-0.15, -0.1) is 0 Å². The van der Waals surface area contributed by atoms with E-state index >= 15 is 0 Å². The first-order chi connectivity index (χ1) is 9.20. The van der Waals surface area contributed by atoms with Crippen molar-refractivity contribution in [2.45, 2.75) is 58.5 Å². The van der Waals surface area contributed by atoms with Gasteiger partial charge in [0.15, 0.2) is 0 Å². The molecule has 1 aromatic heterocycles. The molecule has 2 rings (SSSR count). The molecular formula is C16H28N2O. The van der Waals surface area contributed by atoms with Gasteiger partial charge < -0.3 is 9.73 Å². The Morgan fingerprint density at radius 2 is 2.32 bits per heavy atom. The Labute approximate surface area is 117 Å². The van der Waals surface area contributed by atoms with Crippen molar-refractivity contribution in [3.63, 3.8) is 0 Å². The molecule has 1 aromatic rings. The van der Waals surface area contributed by atoms with Crippen molar-refractivity contribution in [3.05, 3.63) is 23.7 Å². The van der Waals surface area contributed by atoms with Crippen LogP contribution in [0.25, 0.3) is 0 Å². The predicted molar refractivity (Wildman–Crippen MR) is 79.4 cm³/mol. The van der Waals surface area contributed by atoms with E-state index in [0.29, 0.717) is 12.1 Å². The molecule has 3 heteroatoms. The van der Waals surface area contributed by atoms with Crippen molar-refractivity contribution in [1.29, 1.82) is 0 Å². The van der Waals surface area contributed by atoms with Crippen LogP contribution in [0.2, 0.25) is 0 Å². The molecule has 2 unspecified atom stereocenters. The van der Waals surface area contributed by atoms with Crippen molar-refractivity contribution in [3.8, 4) is 0 Å². The zero-order valence-corrected chi connectivity index (χ0v) is 12.6. The van der Waals surface area contributed by atoms with E-state index in [4.69, 9.17) is 4.42 Å². The maximum atomic E-state index is 5.81. The van der Waals surface area contributed by atoms with Crippen LogP contribution in [-0.2, 0) is 0 Å². The number of furan rings is 1. The SMILES string of the molecule is CCCCN(CC1CCCN1)C(C)c1ccc(C)o1. The van der Waals surface area contributed by atoms with E-state index in [-0.39, 0.29) is 0 Å². The van der Waals surface area contributed by atoms with Crippen molar-refractivity contribution in [2.24, 2.45) is 0 Å². The summed E-state index contributed by atoms with van der Waals surface area (Å²) in [6.07, 6.45) is 5.14. The van der Waals surface area contributed by atoms with Crippen LogP contribution in [0.1, 0.15) is 57.1 Å². The third-order valence-electron chi connectivity index (χ3n) is 4.14. The average Bonchev–Trinajstić information content (AvgIpc) is 3.05. The number of aryl methyl sites for hydroxylation is 1. The largest absolute Gasteiger partial charge is 0.465 e. The van der Waals surface area contributed by atoms with Gasteiger partial charge in [-0.25, -0.2) is 0 Å². The fourth-order valence-electron chi connectivity index (χ4n) is 2.86. The lowest BCUT2D eigenvalue weighted by Gasteiger charge is -2.30. The highest BCUT2D eigenvalue weighted by molar-refractivity contribution is 5.09. The molecule has 1 N–H and O–H groups in total. The summed E-state index contributed by atoms with van der Waals surface area (Å²) in [7, 11) is 0. The molecule has 1 aliphatic rings. The van der Waals surface area contributed by atoms with Crippen LogP contribution >= 0.6 is 0 Å². The summed E-state index contributed by atoms with van der Waals surface area (Å²) >= 11 is 0. The van der Waals surface area contributed by atoms with Gasteiger partial charge in [-0.3, -0.25) is 4.90 Å². The van der Waals surface area contributed by atoms with Crippen LogP contribution in [0.15, 0.2) is 16.5 Å². The van der Waals surface area contributed by atoms with Crippen LogP contribution in [-0.4, -0.2) is 30.6 Å². The van der Waals surface area contributed by atoms with Gasteiger partial charge in [-0.2, -0.15) is 0 Å². The van der Waals surface area contributed by atoms with Gasteiger partial charge in [0.2, 0.25) is 0 Å². The number of nitrogens with zero attached hydrogens (tertiary/aromatic N) is 1. The van der Waals surface area contributed by atoms with Gasteiger partial charge >= 0.3 is 0 Å². The second-order valence-corrected chi connectivity index (χ2v) is 5.77. The van der Waals surface area contributed by atoms with E-state index in [1.165, 1.54) is 32.2 Å². The van der Waals surface area contributed by atoms with Crippen LogP contribution in [0.4, 0.5) is 0 Å². The van der Waals surface area contributed by atoms with Gasteiger partial charge in [0, 0.05) is 12.6 Å². The van der Waals surface area contributed by atoms with Crippen molar-refractivity contribution >= 4 is 0 Å². The third-order valence-corrected chi connectivity index (χ3v) is 4.14. The summed E-state index contributed by atoms with van der Waals surface area (Å²) in [6, 6.07) is 5.23. The molecule has 0 saturated carbocycles. The highest BCUT2D eigenvalue weighted by Gasteiger charge is 2.23. The van der Waals surface area contributed by atoms with E-state index in [1.807, 2.05) is 6.92 Å². The summed E-state index contributed by atoms with van der Waals surface area (Å²) < 4.78 is 5.81. The van der Waals surface area contributed by atoms with Crippen LogP contribution in [0.3, 0.4) is 0 Å². The van der Waals surface area contributed by atoms with E-state index < -0.39 is 0 Å². The van der Waals surface area contributed by atoms with Gasteiger partial charge in [-0.05, 0) is 58.3 Å². The zero-order chi connectivity index (χ0) is 13.7. The van der Waals surface area contributed by atoms with E-state index in [1.54, 1.807) is 0 Å². The van der Waals surface area contributed by atoms with Gasteiger partial charge in [0.1, 0.15) is 11.5 Å². The summed E-state index contributed by atoms with van der Waals surface area (Å²) in [5.41, 5.74) is 0. The third kappa shape index (κ3) is 4.08. The summed E-state index contributed by atoms with van der Waals surface area (Å²) in [5.74, 6) is 2.11. The lowest BCUT2D eigenvalue weighted by molar-refractivity contribution is 0.169. The molecule has 1 fully saturated rings. The smallest absolute Gasteiger partial charge is 0.121 e. The lowest BCUT2D eigenvalue weighted by Crippen LogP contribution is -2.39. The molecule has 0 spiro atoms. The minimum atomic E-state index is 0.377. The Bertz CT molecular complexity index is 369. The van der Waals surface area contributed by atoms with Gasteiger partial charge in [0.05, 0.1) is 6.04 Å². The highest BCUT2D eigenvalue weighted by Crippen LogP contribution is 2.24. The number of nitrogens with one attached hydrogen (secondary N) is 1. The minimum absolute atomic E-state index is 0.377. The van der Waals surface area contributed by atoms with Gasteiger partial charge in [-0.1, -0.05) is 13.3 Å². The Morgan fingerprint density at radius 1 is 1.47 bits per heavy atom. The molecule has 2 heterocycles. The van der Waals surface area contributed by atoms with E-state index in [2.05, 4.69) is 36.2 Å². The highest BCUT2D eigenvalue weighted by atomic mass is 16.3. The van der Waals surface area contributed by atoms with E-state index in [9.17, 15) is 0 Å². The number of hydrogen-bond acceptors (Lipinski definition) is 3. The van der Waals surface area contributed by atoms with Crippen LogP contribution < -0.4 is 5.32 Å². The normalized spacial score (nSPS) is 21.2. The summed E-state index contributed by atoms with van der Waals surface area (Å²) in [4.78, 5) is 2.57. The molecule has 0 bridgehead atoms. The number of hydrogen-bond donors (Lipinski definition) is 1. The molecule has 0 radical (unpaired) electrons. The van der Waals surface area contributed by atoms with Crippen LogP contribution in [0, 0.1) is 6.92 Å². The van der Waals surface area contributed by atoms with Crippen LogP contribution in [0.5, 0.6) is 0 Å². The maximum Gasteiger partial charge on any atom is 0.121 e. The number of rotatable bonds is 7. The fourth-order valence-corrected chi connectivity index (χ4v) is 2.86. The Morgan fingerprint density at radius 3 is 2.89 bits per heavy atom. The molecule has 0 aliphatic carbocycles. The molecule has 0 amide bonds. The van der Waals surface area contributed by atoms with E-state index in [0.717, 1.165) is 24.6 Å². The Kier molecular flexibility index (Phi) is 5.46. The Hall–Kier alpha value is -0.800. The molecule has 0 aromatic carbocycles. The molecule has 3 nitrogen and oxygen atoms in total. The first kappa shape index (κ1) is 14.6. The van der Waals surface area contributed by atoms with Gasteiger partial charge in [0.25, 0.3) is 0 Å². The molecule has 1 aliphatic heterocycles. The summed E-state index contributed by atoms with van der Waals surface area (Å²) in [5, 5.41) is 3.60. The Balaban J connectivity index is 1.98. The molecule has 108 valence electrons. The minimum Gasteiger partial charge on any atom is -0.465 e. The topological polar surface area (TPSA) is 28.4 Å². The first-order valence-electron chi connectivity index (χ1n) is 7.74. The quantitative estimate of drug-likeness (QED) is 0.817. The second kappa shape index (κ2) is 7.11. The molecule has 2 atom stereocenters. The second-order valence-electron chi connectivity index (χ2n) is 5.77. The molecular weight excluding hydrogens is 236 g/mol. The maximum absolute atomic E-state index is 5.81. The summed E-state index contributed by atoms with van der Waals surface area (Å²) in [6.45, 7) is 10.0. The first-order valence-corrected chi connectivity index (χ1v) is 7.74. The van der Waals surface area contributed by atoms with Crippen molar-refractivity contribution in [1.82, 2.24) is 10.2 Å².